The van der Waals surface area contributed by atoms with Crippen molar-refractivity contribution in [2.24, 2.45) is 0 Å². The van der Waals surface area contributed by atoms with E-state index in [1.165, 1.54) is 29.5 Å². The smallest absolute Gasteiger partial charge is 0.340 e. The first kappa shape index (κ1) is 18.6. The van der Waals surface area contributed by atoms with Crippen molar-refractivity contribution in [1.29, 1.82) is 0 Å². The van der Waals surface area contributed by atoms with Crippen LogP contribution in [0, 0.1) is 13.8 Å². The molecule has 0 aliphatic carbocycles. The average molecular weight is 409 g/mol. The molecule has 3 rings (SSSR count). The molecule has 0 atom stereocenters. The van der Waals surface area contributed by atoms with Gasteiger partial charge < -0.3 is 4.74 Å². The first-order valence-electron chi connectivity index (χ1n) is 7.63. The van der Waals surface area contributed by atoms with Gasteiger partial charge >= 0.3 is 5.97 Å². The zero-order valence-corrected chi connectivity index (χ0v) is 16.3. The van der Waals surface area contributed by atoms with E-state index in [2.05, 4.69) is 10.3 Å². The van der Waals surface area contributed by atoms with Crippen LogP contribution in [0.3, 0.4) is 0 Å². The number of aryl methyl sites for hydroxylation is 2. The molecule has 1 aromatic heterocycles. The minimum Gasteiger partial charge on any atom is -0.452 e. The van der Waals surface area contributed by atoms with Crippen LogP contribution in [0.2, 0.25) is 10.0 Å². The molecule has 0 radical (unpaired) electrons. The highest BCUT2D eigenvalue weighted by Gasteiger charge is 2.15. The van der Waals surface area contributed by atoms with Crippen molar-refractivity contribution < 1.29 is 14.3 Å². The number of rotatable bonds is 4. The maximum absolute atomic E-state index is 12.0. The number of fused-ring (bicyclic) bond motifs is 1. The van der Waals surface area contributed by atoms with Crippen LogP contribution in [-0.2, 0) is 9.53 Å². The molecule has 0 saturated carbocycles. The number of carbonyl (C=O) groups excluding carboxylic acids is 2. The van der Waals surface area contributed by atoms with E-state index in [4.69, 9.17) is 27.9 Å². The first-order valence-corrected chi connectivity index (χ1v) is 9.20. The van der Waals surface area contributed by atoms with Crippen molar-refractivity contribution in [2.75, 3.05) is 11.9 Å². The predicted octanol–water partition coefficient (Wildman–Crippen LogP) is 5.02. The molecule has 0 fully saturated rings. The molecule has 8 heteroatoms. The zero-order chi connectivity index (χ0) is 18.8. The van der Waals surface area contributed by atoms with Gasteiger partial charge in [0.25, 0.3) is 5.91 Å². The molecular formula is C18H14Cl2N2O3S. The molecule has 0 spiro atoms. The monoisotopic (exact) mass is 408 g/mol. The molecule has 0 saturated heterocycles. The number of hydrogen-bond acceptors (Lipinski definition) is 5. The lowest BCUT2D eigenvalue weighted by Crippen LogP contribution is -2.21. The van der Waals surface area contributed by atoms with Gasteiger partial charge in [-0.05, 0) is 49.2 Å². The van der Waals surface area contributed by atoms with Gasteiger partial charge in [0.1, 0.15) is 0 Å². The van der Waals surface area contributed by atoms with Gasteiger partial charge in [0.05, 0.1) is 20.8 Å². The second-order valence-electron chi connectivity index (χ2n) is 5.70. The fourth-order valence-electron chi connectivity index (χ4n) is 2.44. The average Bonchev–Trinajstić information content (AvgIpc) is 2.95. The van der Waals surface area contributed by atoms with Gasteiger partial charge in [-0.15, -0.1) is 0 Å². The molecule has 0 bridgehead atoms. The molecule has 1 heterocycles. The highest BCUT2D eigenvalue weighted by atomic mass is 35.5. The normalized spacial score (nSPS) is 10.8. The van der Waals surface area contributed by atoms with E-state index in [1.807, 2.05) is 26.0 Å². The van der Waals surface area contributed by atoms with Crippen LogP contribution in [0.1, 0.15) is 21.5 Å². The number of esters is 1. The Bertz CT molecular complexity index is 1020. The minimum absolute atomic E-state index is 0.148. The van der Waals surface area contributed by atoms with Gasteiger partial charge in [-0.1, -0.05) is 40.6 Å². The lowest BCUT2D eigenvalue weighted by atomic mass is 10.1. The van der Waals surface area contributed by atoms with Gasteiger partial charge in [-0.25, -0.2) is 9.78 Å². The van der Waals surface area contributed by atoms with Gasteiger partial charge in [0, 0.05) is 5.02 Å². The Labute approximate surface area is 163 Å². The van der Waals surface area contributed by atoms with Crippen molar-refractivity contribution in [3.8, 4) is 0 Å². The zero-order valence-electron chi connectivity index (χ0n) is 13.9. The Balaban J connectivity index is 1.64. The fraction of sp³-hybridized carbons (Fsp3) is 0.167. The number of nitrogens with one attached hydrogen (secondary N) is 1. The van der Waals surface area contributed by atoms with Crippen LogP contribution in [0.5, 0.6) is 0 Å². The summed E-state index contributed by atoms with van der Waals surface area (Å²) in [4.78, 5) is 28.5. The summed E-state index contributed by atoms with van der Waals surface area (Å²) in [5, 5.41) is 3.68. The molecule has 1 N–H and O–H groups in total. The topological polar surface area (TPSA) is 68.3 Å². The summed E-state index contributed by atoms with van der Waals surface area (Å²) in [6, 6.07) is 8.45. The Hall–Kier alpha value is -2.15. The van der Waals surface area contributed by atoms with Crippen molar-refractivity contribution >= 4 is 61.8 Å². The number of anilines is 1. The Kier molecular flexibility index (Phi) is 5.46. The molecule has 1 amide bonds. The van der Waals surface area contributed by atoms with Crippen LogP contribution < -0.4 is 5.32 Å². The number of thiazole rings is 1. The summed E-state index contributed by atoms with van der Waals surface area (Å²) in [5.41, 5.74) is 3.17. The maximum Gasteiger partial charge on any atom is 0.340 e. The predicted molar refractivity (Wildman–Crippen MR) is 104 cm³/mol. The second-order valence-corrected chi connectivity index (χ2v) is 7.57. The standard InChI is InChI=1S/C18H14Cl2N2O3S/c1-9-5-10(2)16-14(6-9)26-18(22-16)21-15(23)8-25-17(24)12-4-3-11(19)7-13(12)20/h3-7H,8H2,1-2H3,(H,21,22,23). The summed E-state index contributed by atoms with van der Waals surface area (Å²) < 4.78 is 5.99. The van der Waals surface area contributed by atoms with E-state index in [1.54, 1.807) is 0 Å². The quantitative estimate of drug-likeness (QED) is 0.615. The molecule has 0 aliphatic heterocycles. The number of nitrogens with zero attached hydrogens (tertiary/aromatic N) is 1. The third-order valence-electron chi connectivity index (χ3n) is 3.56. The van der Waals surface area contributed by atoms with Crippen molar-refractivity contribution in [2.45, 2.75) is 13.8 Å². The Morgan fingerprint density at radius 3 is 2.69 bits per heavy atom. The fourth-order valence-corrected chi connectivity index (χ4v) is 3.99. The van der Waals surface area contributed by atoms with E-state index < -0.39 is 18.5 Å². The molecular weight excluding hydrogens is 395 g/mol. The lowest BCUT2D eigenvalue weighted by molar-refractivity contribution is -0.119. The summed E-state index contributed by atoms with van der Waals surface area (Å²) >= 11 is 13.1. The van der Waals surface area contributed by atoms with Crippen LogP contribution >= 0.6 is 34.5 Å². The number of amides is 1. The molecule has 26 heavy (non-hydrogen) atoms. The van der Waals surface area contributed by atoms with Gasteiger partial charge in [-0.2, -0.15) is 0 Å². The maximum atomic E-state index is 12.0. The van der Waals surface area contributed by atoms with Gasteiger partial charge in [-0.3, -0.25) is 10.1 Å². The molecule has 3 aromatic rings. The lowest BCUT2D eigenvalue weighted by Gasteiger charge is -2.06. The highest BCUT2D eigenvalue weighted by molar-refractivity contribution is 7.22. The van der Waals surface area contributed by atoms with E-state index >= 15 is 0 Å². The van der Waals surface area contributed by atoms with Crippen LogP contribution in [-0.4, -0.2) is 23.5 Å². The summed E-state index contributed by atoms with van der Waals surface area (Å²) in [6.45, 7) is 3.54. The Morgan fingerprint density at radius 1 is 1.19 bits per heavy atom. The summed E-state index contributed by atoms with van der Waals surface area (Å²) in [7, 11) is 0. The second kappa shape index (κ2) is 7.61. The highest BCUT2D eigenvalue weighted by Crippen LogP contribution is 2.29. The number of benzene rings is 2. The van der Waals surface area contributed by atoms with Crippen LogP contribution in [0.4, 0.5) is 5.13 Å². The van der Waals surface area contributed by atoms with Crippen molar-refractivity contribution in [1.82, 2.24) is 4.98 Å². The van der Waals surface area contributed by atoms with Gasteiger partial charge in [0.15, 0.2) is 11.7 Å². The van der Waals surface area contributed by atoms with Gasteiger partial charge in [0.2, 0.25) is 0 Å². The number of aromatic nitrogens is 1. The number of halogens is 2. The summed E-state index contributed by atoms with van der Waals surface area (Å²) in [5.74, 6) is -1.17. The van der Waals surface area contributed by atoms with Crippen molar-refractivity contribution in [3.05, 3.63) is 57.1 Å². The molecule has 5 nitrogen and oxygen atoms in total. The van der Waals surface area contributed by atoms with E-state index in [0.717, 1.165) is 21.3 Å². The SMILES string of the molecule is Cc1cc(C)c2nc(NC(=O)COC(=O)c3ccc(Cl)cc3Cl)sc2c1. The third kappa shape index (κ3) is 4.15. The third-order valence-corrected chi connectivity index (χ3v) is 5.03. The summed E-state index contributed by atoms with van der Waals surface area (Å²) in [6.07, 6.45) is 0. The van der Waals surface area contributed by atoms with E-state index in [9.17, 15) is 9.59 Å². The molecule has 0 unspecified atom stereocenters. The number of ether oxygens (including phenoxy) is 1. The van der Waals surface area contributed by atoms with Crippen LogP contribution in [0.25, 0.3) is 10.2 Å². The number of hydrogen-bond donors (Lipinski definition) is 1. The Morgan fingerprint density at radius 2 is 1.96 bits per heavy atom. The van der Waals surface area contributed by atoms with E-state index in [-0.39, 0.29) is 10.6 Å². The van der Waals surface area contributed by atoms with E-state index in [0.29, 0.717) is 10.2 Å². The molecule has 0 aliphatic rings. The minimum atomic E-state index is -0.697. The molecule has 2 aromatic carbocycles. The number of carbonyl (C=O) groups is 2. The van der Waals surface area contributed by atoms with Crippen LogP contribution in [0.15, 0.2) is 30.3 Å². The first-order chi connectivity index (χ1) is 12.3. The van der Waals surface area contributed by atoms with Crippen molar-refractivity contribution in [3.63, 3.8) is 0 Å². The largest absolute Gasteiger partial charge is 0.452 e. The molecule has 134 valence electrons.